The van der Waals surface area contributed by atoms with Gasteiger partial charge in [0, 0.05) is 5.56 Å². The predicted molar refractivity (Wildman–Crippen MR) is 108 cm³/mol. The summed E-state index contributed by atoms with van der Waals surface area (Å²) in [5.74, 6) is -1.29. The van der Waals surface area contributed by atoms with Gasteiger partial charge in [0.2, 0.25) is 10.0 Å². The van der Waals surface area contributed by atoms with E-state index in [-0.39, 0.29) is 23.4 Å². The Bertz CT molecular complexity index is 885. The molecule has 0 aliphatic heterocycles. The number of methoxy groups -OCH3 is 1. The first-order valence-corrected chi connectivity index (χ1v) is 10.9. The highest BCUT2D eigenvalue weighted by Crippen LogP contribution is 2.24. The largest absolute Gasteiger partial charge is 0.465 e. The number of rotatable bonds is 10. The minimum Gasteiger partial charge on any atom is -0.465 e. The Morgan fingerprint density at radius 1 is 1.07 bits per heavy atom. The summed E-state index contributed by atoms with van der Waals surface area (Å²) < 4.78 is 46.3. The molecule has 5 nitrogen and oxygen atoms in total. The Balaban J connectivity index is 2.29. The summed E-state index contributed by atoms with van der Waals surface area (Å²) >= 11 is 0. The van der Waals surface area contributed by atoms with Crippen LogP contribution in [0.25, 0.3) is 0 Å². The van der Waals surface area contributed by atoms with Crippen molar-refractivity contribution in [3.05, 3.63) is 65.5 Å². The number of hydrogen-bond acceptors (Lipinski definition) is 4. The number of hydrogen-bond donors (Lipinski definition) is 0. The first-order valence-electron chi connectivity index (χ1n) is 9.31. The average molecular weight is 408 g/mol. The maximum Gasteiger partial charge on any atom is 0.337 e. The van der Waals surface area contributed by atoms with E-state index < -0.39 is 21.8 Å². The number of sulfonamides is 1. The van der Waals surface area contributed by atoms with Gasteiger partial charge in [-0.25, -0.2) is 17.6 Å². The van der Waals surface area contributed by atoms with Crippen LogP contribution in [0, 0.1) is 5.82 Å². The second-order valence-corrected chi connectivity index (χ2v) is 8.53. The molecule has 0 bridgehead atoms. The molecule has 28 heavy (non-hydrogen) atoms. The van der Waals surface area contributed by atoms with Crippen molar-refractivity contribution in [2.24, 2.45) is 0 Å². The lowest BCUT2D eigenvalue weighted by Crippen LogP contribution is -2.33. The quantitative estimate of drug-likeness (QED) is 0.429. The molecule has 0 aliphatic carbocycles. The molecule has 2 rings (SSSR count). The minimum absolute atomic E-state index is 0.00373. The Labute approximate surface area is 166 Å². The summed E-state index contributed by atoms with van der Waals surface area (Å²) in [5.41, 5.74) is 0.750. The highest BCUT2D eigenvalue weighted by atomic mass is 32.2. The topological polar surface area (TPSA) is 63.7 Å². The summed E-state index contributed by atoms with van der Waals surface area (Å²) in [4.78, 5) is 11.6. The molecule has 2 aromatic rings. The van der Waals surface area contributed by atoms with E-state index in [0.717, 1.165) is 25.3 Å². The van der Waals surface area contributed by atoms with Crippen molar-refractivity contribution in [1.82, 2.24) is 0 Å². The lowest BCUT2D eigenvalue weighted by atomic mass is 10.1. The molecule has 0 saturated carbocycles. The molecule has 0 aliphatic rings. The standard InChI is InChI=1S/C21H26FNO4S/c1-3-4-5-9-14-28(25,26)23(19-10-7-6-8-11-19)16-18-13-12-17(15-20(18)22)21(24)27-2/h6-8,10-13,15H,3-5,9,14,16H2,1-2H3. The molecule has 0 spiro atoms. The average Bonchev–Trinajstić information content (AvgIpc) is 2.70. The van der Waals surface area contributed by atoms with E-state index in [1.54, 1.807) is 30.3 Å². The van der Waals surface area contributed by atoms with Crippen LogP contribution in [-0.4, -0.2) is 27.2 Å². The number of carbonyl (C=O) groups excluding carboxylic acids is 1. The molecule has 0 saturated heterocycles. The lowest BCUT2D eigenvalue weighted by Gasteiger charge is -2.25. The van der Waals surface area contributed by atoms with E-state index >= 15 is 0 Å². The lowest BCUT2D eigenvalue weighted by molar-refractivity contribution is 0.0600. The van der Waals surface area contributed by atoms with E-state index in [9.17, 15) is 17.6 Å². The fourth-order valence-corrected chi connectivity index (χ4v) is 4.41. The third-order valence-corrected chi connectivity index (χ3v) is 6.24. The van der Waals surface area contributed by atoms with Crippen LogP contribution < -0.4 is 4.31 Å². The number of ether oxygens (including phenoxy) is 1. The van der Waals surface area contributed by atoms with Crippen LogP contribution in [0.15, 0.2) is 48.5 Å². The fourth-order valence-electron chi connectivity index (χ4n) is 2.84. The highest BCUT2D eigenvalue weighted by molar-refractivity contribution is 7.92. The zero-order valence-corrected chi connectivity index (χ0v) is 17.0. The summed E-state index contributed by atoms with van der Waals surface area (Å²) in [7, 11) is -2.41. The molecule has 7 heteroatoms. The van der Waals surface area contributed by atoms with Crippen molar-refractivity contribution < 1.29 is 22.3 Å². The molecule has 0 amide bonds. The van der Waals surface area contributed by atoms with Gasteiger partial charge in [0.1, 0.15) is 5.82 Å². The number of esters is 1. The second-order valence-electron chi connectivity index (χ2n) is 6.52. The van der Waals surface area contributed by atoms with Gasteiger partial charge in [0.05, 0.1) is 30.7 Å². The molecule has 0 atom stereocenters. The van der Waals surface area contributed by atoms with Gasteiger partial charge >= 0.3 is 5.97 Å². The number of nitrogens with zero attached hydrogens (tertiary/aromatic N) is 1. The minimum atomic E-state index is -3.63. The zero-order chi connectivity index (χ0) is 20.6. The van der Waals surface area contributed by atoms with Gasteiger partial charge in [0.15, 0.2) is 0 Å². The molecular formula is C21H26FNO4S. The number of para-hydroxylation sites is 1. The SMILES string of the molecule is CCCCCCS(=O)(=O)N(Cc1ccc(C(=O)OC)cc1F)c1ccccc1. The van der Waals surface area contributed by atoms with Crippen LogP contribution in [0.1, 0.15) is 48.5 Å². The molecule has 2 aromatic carbocycles. The Morgan fingerprint density at radius 2 is 1.79 bits per heavy atom. The third kappa shape index (κ3) is 5.79. The van der Waals surface area contributed by atoms with Gasteiger partial charge in [-0.3, -0.25) is 4.31 Å². The van der Waals surface area contributed by atoms with Gasteiger partial charge < -0.3 is 4.74 Å². The summed E-state index contributed by atoms with van der Waals surface area (Å²) in [6.07, 6.45) is 3.38. The van der Waals surface area contributed by atoms with Crippen LogP contribution in [0.4, 0.5) is 10.1 Å². The van der Waals surface area contributed by atoms with Gasteiger partial charge in [0.25, 0.3) is 0 Å². The van der Waals surface area contributed by atoms with E-state index in [1.165, 1.54) is 23.5 Å². The van der Waals surface area contributed by atoms with Crippen molar-refractivity contribution in [2.75, 3.05) is 17.2 Å². The van der Waals surface area contributed by atoms with E-state index in [0.29, 0.717) is 12.1 Å². The third-order valence-electron chi connectivity index (χ3n) is 4.42. The first kappa shape index (κ1) is 21.9. The predicted octanol–water partition coefficient (Wildman–Crippen LogP) is 4.53. The normalized spacial score (nSPS) is 11.2. The number of benzene rings is 2. The van der Waals surface area contributed by atoms with Crippen LogP contribution in [-0.2, 0) is 21.3 Å². The molecule has 152 valence electrons. The van der Waals surface area contributed by atoms with E-state index in [4.69, 9.17) is 0 Å². The second kappa shape index (κ2) is 10.2. The summed E-state index contributed by atoms with van der Waals surface area (Å²) in [6.45, 7) is 1.92. The molecule has 0 fully saturated rings. The number of carbonyl (C=O) groups is 1. The van der Waals surface area contributed by atoms with Crippen LogP contribution in [0.5, 0.6) is 0 Å². The van der Waals surface area contributed by atoms with Gasteiger partial charge in [-0.15, -0.1) is 0 Å². The van der Waals surface area contributed by atoms with Crippen molar-refractivity contribution in [1.29, 1.82) is 0 Å². The molecule has 0 N–H and O–H groups in total. The Hall–Kier alpha value is -2.41. The highest BCUT2D eigenvalue weighted by Gasteiger charge is 2.24. The fraction of sp³-hybridized carbons (Fsp3) is 0.381. The Morgan fingerprint density at radius 3 is 2.39 bits per heavy atom. The van der Waals surface area contributed by atoms with Crippen LogP contribution in [0.2, 0.25) is 0 Å². The van der Waals surface area contributed by atoms with Crippen molar-refractivity contribution in [2.45, 2.75) is 39.2 Å². The summed E-state index contributed by atoms with van der Waals surface area (Å²) in [6, 6.07) is 12.6. The van der Waals surface area contributed by atoms with Crippen molar-refractivity contribution >= 4 is 21.7 Å². The molecule has 0 unspecified atom stereocenters. The molecule has 0 heterocycles. The number of anilines is 1. The maximum absolute atomic E-state index is 14.5. The first-order chi connectivity index (χ1) is 13.4. The smallest absolute Gasteiger partial charge is 0.337 e. The van der Waals surface area contributed by atoms with Gasteiger partial charge in [-0.1, -0.05) is 50.5 Å². The molecule has 0 aromatic heterocycles. The monoisotopic (exact) mass is 407 g/mol. The maximum atomic E-state index is 14.5. The zero-order valence-electron chi connectivity index (χ0n) is 16.2. The molecular weight excluding hydrogens is 381 g/mol. The summed E-state index contributed by atoms with van der Waals surface area (Å²) in [5, 5.41) is 0. The van der Waals surface area contributed by atoms with Crippen LogP contribution in [0.3, 0.4) is 0 Å². The van der Waals surface area contributed by atoms with Crippen molar-refractivity contribution in [3.8, 4) is 0 Å². The van der Waals surface area contributed by atoms with E-state index in [2.05, 4.69) is 11.7 Å². The Kier molecular flexibility index (Phi) is 7.99. The molecule has 0 radical (unpaired) electrons. The number of unbranched alkanes of at least 4 members (excludes halogenated alkanes) is 3. The van der Waals surface area contributed by atoms with Crippen molar-refractivity contribution in [3.63, 3.8) is 0 Å². The van der Waals surface area contributed by atoms with Gasteiger partial charge in [-0.2, -0.15) is 0 Å². The van der Waals surface area contributed by atoms with Crippen LogP contribution >= 0.6 is 0 Å². The number of halogens is 1. The van der Waals surface area contributed by atoms with E-state index in [1.807, 2.05) is 0 Å². The van der Waals surface area contributed by atoms with Gasteiger partial charge in [-0.05, 0) is 30.7 Å².